The van der Waals surface area contributed by atoms with Crippen molar-refractivity contribution >= 4 is 37.5 Å². The van der Waals surface area contributed by atoms with E-state index in [1.165, 1.54) is 28.6 Å². The maximum atomic E-state index is 12.8. The van der Waals surface area contributed by atoms with E-state index in [1.54, 1.807) is 12.1 Å². The maximum absolute atomic E-state index is 12.8. The molecule has 1 aliphatic heterocycles. The molecule has 1 fully saturated rings. The van der Waals surface area contributed by atoms with E-state index in [4.69, 9.17) is 0 Å². The number of carbonyl (C=O) groups is 1. The minimum atomic E-state index is -4.45. The molecule has 10 heteroatoms. The first-order chi connectivity index (χ1) is 13.6. The Hall–Kier alpha value is -1.91. The summed E-state index contributed by atoms with van der Waals surface area (Å²) in [7, 11) is -3.73. The lowest BCUT2D eigenvalue weighted by molar-refractivity contribution is -0.137. The zero-order chi connectivity index (χ0) is 21.2. The molecule has 0 aromatic heterocycles. The van der Waals surface area contributed by atoms with Gasteiger partial charge in [-0.15, -0.1) is 0 Å². The predicted octanol–water partition coefficient (Wildman–Crippen LogP) is 4.51. The molecule has 1 unspecified atom stereocenters. The van der Waals surface area contributed by atoms with Crippen molar-refractivity contribution < 1.29 is 26.4 Å². The average molecular weight is 491 g/mol. The molecule has 0 saturated carbocycles. The summed E-state index contributed by atoms with van der Waals surface area (Å²) in [6.07, 6.45) is -3.44. The summed E-state index contributed by atoms with van der Waals surface area (Å²) in [4.78, 5) is 12.7. The van der Waals surface area contributed by atoms with E-state index < -0.39 is 33.6 Å². The first-order valence-corrected chi connectivity index (χ1v) is 11.0. The van der Waals surface area contributed by atoms with Crippen LogP contribution in [0.2, 0.25) is 0 Å². The van der Waals surface area contributed by atoms with Crippen LogP contribution in [0.1, 0.15) is 18.4 Å². The number of carbonyl (C=O) groups excluding carboxylic acids is 1. The Morgan fingerprint density at radius 1 is 1.07 bits per heavy atom. The highest BCUT2D eigenvalue weighted by molar-refractivity contribution is 9.10. The van der Waals surface area contributed by atoms with Crippen LogP contribution in [-0.2, 0) is 21.0 Å². The Bertz CT molecular complexity index is 977. The standard InChI is InChI=1S/C19H18BrF3N2O3S/c20-15-5-9-17(10-6-15)29(27,28)25-11-1-2-13(12-25)18(26)24-16-7-3-14(4-8-16)19(21,22)23/h3-10,13H,1-2,11-12H2,(H,24,26). The van der Waals surface area contributed by atoms with Gasteiger partial charge in [0, 0.05) is 23.2 Å². The van der Waals surface area contributed by atoms with E-state index in [9.17, 15) is 26.4 Å². The second-order valence-electron chi connectivity index (χ2n) is 6.72. The van der Waals surface area contributed by atoms with Gasteiger partial charge in [-0.1, -0.05) is 15.9 Å². The summed E-state index contributed by atoms with van der Waals surface area (Å²) < 4.78 is 65.6. The van der Waals surface area contributed by atoms with Gasteiger partial charge in [-0.2, -0.15) is 17.5 Å². The van der Waals surface area contributed by atoms with Crippen molar-refractivity contribution in [1.82, 2.24) is 4.31 Å². The average Bonchev–Trinajstić information content (AvgIpc) is 2.68. The zero-order valence-corrected chi connectivity index (χ0v) is 17.5. The molecule has 5 nitrogen and oxygen atoms in total. The molecule has 2 aromatic carbocycles. The van der Waals surface area contributed by atoms with Gasteiger partial charge in [0.25, 0.3) is 0 Å². The summed E-state index contributed by atoms with van der Waals surface area (Å²) in [6, 6.07) is 10.4. The molecular weight excluding hydrogens is 473 g/mol. The Kier molecular flexibility index (Phi) is 6.35. The summed E-state index contributed by atoms with van der Waals surface area (Å²) in [5.74, 6) is -1.00. The lowest BCUT2D eigenvalue weighted by Gasteiger charge is -2.31. The Morgan fingerprint density at radius 2 is 1.69 bits per heavy atom. The molecule has 1 aliphatic rings. The number of nitrogens with zero attached hydrogens (tertiary/aromatic N) is 1. The number of rotatable bonds is 4. The lowest BCUT2D eigenvalue weighted by Crippen LogP contribution is -2.43. The number of nitrogens with one attached hydrogen (secondary N) is 1. The molecule has 0 bridgehead atoms. The molecule has 0 spiro atoms. The van der Waals surface area contributed by atoms with Crippen LogP contribution >= 0.6 is 15.9 Å². The largest absolute Gasteiger partial charge is 0.416 e. The van der Waals surface area contributed by atoms with Gasteiger partial charge < -0.3 is 5.32 Å². The summed E-state index contributed by atoms with van der Waals surface area (Å²) in [6.45, 7) is 0.327. The minimum absolute atomic E-state index is 0.0187. The zero-order valence-electron chi connectivity index (χ0n) is 15.1. The topological polar surface area (TPSA) is 66.5 Å². The van der Waals surface area contributed by atoms with E-state index in [0.717, 1.165) is 16.6 Å². The number of hydrogen-bond donors (Lipinski definition) is 1. The van der Waals surface area contributed by atoms with Crippen LogP contribution in [0.25, 0.3) is 0 Å². The van der Waals surface area contributed by atoms with Crippen LogP contribution in [0.5, 0.6) is 0 Å². The molecule has 1 atom stereocenters. The van der Waals surface area contributed by atoms with Crippen LogP contribution in [0.15, 0.2) is 57.9 Å². The number of halogens is 4. The van der Waals surface area contributed by atoms with Gasteiger partial charge in [-0.3, -0.25) is 4.79 Å². The third kappa shape index (κ3) is 5.18. The fourth-order valence-corrected chi connectivity index (χ4v) is 4.91. The van der Waals surface area contributed by atoms with Crippen LogP contribution < -0.4 is 5.32 Å². The van der Waals surface area contributed by atoms with Gasteiger partial charge in [0.15, 0.2) is 0 Å². The fourth-order valence-electron chi connectivity index (χ4n) is 3.12. The number of anilines is 1. The predicted molar refractivity (Wildman–Crippen MR) is 106 cm³/mol. The fraction of sp³-hybridized carbons (Fsp3) is 0.316. The first-order valence-electron chi connectivity index (χ1n) is 8.81. The third-order valence-electron chi connectivity index (χ3n) is 4.69. The van der Waals surface area contributed by atoms with E-state index >= 15 is 0 Å². The van der Waals surface area contributed by atoms with E-state index in [-0.39, 0.29) is 17.1 Å². The van der Waals surface area contributed by atoms with Crippen molar-refractivity contribution in [2.24, 2.45) is 5.92 Å². The molecule has 1 saturated heterocycles. The monoisotopic (exact) mass is 490 g/mol. The Balaban J connectivity index is 1.68. The second kappa shape index (κ2) is 8.45. The third-order valence-corrected chi connectivity index (χ3v) is 7.09. The molecule has 1 heterocycles. The quantitative estimate of drug-likeness (QED) is 0.685. The summed E-state index contributed by atoms with van der Waals surface area (Å²) in [5, 5.41) is 2.58. The van der Waals surface area contributed by atoms with Crippen LogP contribution in [0.4, 0.5) is 18.9 Å². The summed E-state index contributed by atoms with van der Waals surface area (Å²) >= 11 is 3.26. The van der Waals surface area contributed by atoms with Gasteiger partial charge in [-0.05, 0) is 61.4 Å². The number of piperidine rings is 1. The molecule has 1 N–H and O–H groups in total. The van der Waals surface area contributed by atoms with E-state index in [1.807, 2.05) is 0 Å². The van der Waals surface area contributed by atoms with Crippen LogP contribution in [0.3, 0.4) is 0 Å². The molecule has 2 aromatic rings. The Labute approximate surface area is 175 Å². The van der Waals surface area contributed by atoms with E-state index in [2.05, 4.69) is 21.2 Å². The number of benzene rings is 2. The van der Waals surface area contributed by atoms with Gasteiger partial charge in [0.05, 0.1) is 16.4 Å². The molecule has 3 rings (SSSR count). The molecule has 0 radical (unpaired) electrons. The normalized spacial score (nSPS) is 18.4. The van der Waals surface area contributed by atoms with Gasteiger partial charge in [-0.25, -0.2) is 8.42 Å². The number of sulfonamides is 1. The minimum Gasteiger partial charge on any atom is -0.326 e. The van der Waals surface area contributed by atoms with Crippen molar-refractivity contribution in [1.29, 1.82) is 0 Å². The van der Waals surface area contributed by atoms with Gasteiger partial charge >= 0.3 is 6.18 Å². The Morgan fingerprint density at radius 3 is 2.28 bits per heavy atom. The first kappa shape index (κ1) is 21.8. The summed E-state index contributed by atoms with van der Waals surface area (Å²) in [5.41, 5.74) is -0.573. The molecule has 1 amide bonds. The van der Waals surface area contributed by atoms with Crippen molar-refractivity contribution in [3.63, 3.8) is 0 Å². The highest BCUT2D eigenvalue weighted by Gasteiger charge is 2.34. The van der Waals surface area contributed by atoms with Crippen LogP contribution in [-0.4, -0.2) is 31.7 Å². The highest BCUT2D eigenvalue weighted by atomic mass is 79.9. The van der Waals surface area contributed by atoms with Crippen molar-refractivity contribution in [2.45, 2.75) is 23.9 Å². The lowest BCUT2D eigenvalue weighted by atomic mass is 9.98. The van der Waals surface area contributed by atoms with Crippen molar-refractivity contribution in [2.75, 3.05) is 18.4 Å². The van der Waals surface area contributed by atoms with E-state index in [0.29, 0.717) is 19.4 Å². The smallest absolute Gasteiger partial charge is 0.326 e. The number of alkyl halides is 3. The molecule has 29 heavy (non-hydrogen) atoms. The number of amides is 1. The molecule has 0 aliphatic carbocycles. The molecule has 156 valence electrons. The van der Waals surface area contributed by atoms with Gasteiger partial charge in [0.2, 0.25) is 15.9 Å². The second-order valence-corrected chi connectivity index (χ2v) is 9.57. The van der Waals surface area contributed by atoms with Gasteiger partial charge in [0.1, 0.15) is 0 Å². The highest BCUT2D eigenvalue weighted by Crippen LogP contribution is 2.30. The SMILES string of the molecule is O=C(Nc1ccc(C(F)(F)F)cc1)C1CCCN(S(=O)(=O)c2ccc(Br)cc2)C1. The van der Waals surface area contributed by atoms with Crippen LogP contribution in [0, 0.1) is 5.92 Å². The van der Waals surface area contributed by atoms with Crippen molar-refractivity contribution in [3.05, 3.63) is 58.6 Å². The maximum Gasteiger partial charge on any atom is 0.416 e. The molecular formula is C19H18BrF3N2O3S. The van der Waals surface area contributed by atoms with Crippen molar-refractivity contribution in [3.8, 4) is 0 Å². The number of hydrogen-bond acceptors (Lipinski definition) is 3.